The average Bonchev–Trinajstić information content (AvgIpc) is 2.97. The molecule has 0 spiro atoms. The fraction of sp³-hybridized carbons (Fsp3) is 0.750. The molecule has 0 amide bonds. The first-order valence-corrected chi connectivity index (χ1v) is 7.16. The lowest BCUT2D eigenvalue weighted by molar-refractivity contribution is 0.0209. The van der Waals surface area contributed by atoms with Crippen molar-refractivity contribution in [3.05, 3.63) is 5.28 Å². The van der Waals surface area contributed by atoms with Crippen molar-refractivity contribution in [1.29, 1.82) is 0 Å². The van der Waals surface area contributed by atoms with Gasteiger partial charge >= 0.3 is 6.01 Å². The first-order valence-electron chi connectivity index (χ1n) is 6.78. The molecule has 3 rings (SSSR count). The summed E-state index contributed by atoms with van der Waals surface area (Å²) in [6, 6.07) is 0.787. The zero-order valence-corrected chi connectivity index (χ0v) is 12.2. The minimum atomic E-state index is 0.168. The van der Waals surface area contributed by atoms with Crippen molar-refractivity contribution in [2.75, 3.05) is 51.4 Å². The third-order valence-electron chi connectivity index (χ3n) is 3.77. The van der Waals surface area contributed by atoms with E-state index in [0.717, 1.165) is 45.8 Å². The topological polar surface area (TPSA) is 63.6 Å². The third kappa shape index (κ3) is 2.94. The highest BCUT2D eigenvalue weighted by Gasteiger charge is 2.30. The Bertz CT molecular complexity index is 469. The van der Waals surface area contributed by atoms with Crippen molar-refractivity contribution in [3.63, 3.8) is 0 Å². The van der Waals surface area contributed by atoms with Gasteiger partial charge in [-0.2, -0.15) is 15.0 Å². The molecule has 3 heterocycles. The largest absolute Gasteiger partial charge is 0.467 e. The van der Waals surface area contributed by atoms with Crippen molar-refractivity contribution in [2.24, 2.45) is 0 Å². The third-order valence-corrected chi connectivity index (χ3v) is 3.94. The van der Waals surface area contributed by atoms with Gasteiger partial charge < -0.3 is 14.4 Å². The first-order chi connectivity index (χ1) is 9.76. The van der Waals surface area contributed by atoms with Gasteiger partial charge in [0.25, 0.3) is 0 Å². The second-order valence-electron chi connectivity index (χ2n) is 4.93. The molecule has 20 heavy (non-hydrogen) atoms. The van der Waals surface area contributed by atoms with Gasteiger partial charge in [-0.1, -0.05) is 0 Å². The number of nitrogens with zero attached hydrogens (tertiary/aromatic N) is 5. The maximum atomic E-state index is 5.90. The molecular weight excluding hydrogens is 282 g/mol. The molecule has 0 N–H and O–H groups in total. The monoisotopic (exact) mass is 299 g/mol. The Hall–Kier alpha value is -1.18. The van der Waals surface area contributed by atoms with Gasteiger partial charge in [-0.15, -0.1) is 0 Å². The molecule has 2 fully saturated rings. The Kier molecular flexibility index (Phi) is 4.18. The summed E-state index contributed by atoms with van der Waals surface area (Å²) in [7, 11) is 1.52. The van der Waals surface area contributed by atoms with E-state index in [2.05, 4.69) is 24.8 Å². The quantitative estimate of drug-likeness (QED) is 0.802. The maximum absolute atomic E-state index is 5.90. The second kappa shape index (κ2) is 6.07. The summed E-state index contributed by atoms with van der Waals surface area (Å²) in [5.74, 6) is 0.595. The van der Waals surface area contributed by atoms with Gasteiger partial charge in [0.15, 0.2) is 0 Å². The van der Waals surface area contributed by atoms with Crippen molar-refractivity contribution < 1.29 is 9.47 Å². The van der Waals surface area contributed by atoms with Gasteiger partial charge in [-0.25, -0.2) is 0 Å². The SMILES string of the molecule is COc1nc(Cl)nc(N2CCC(N3CCOCC3)C2)n1. The van der Waals surface area contributed by atoms with Gasteiger partial charge in [0.05, 0.1) is 20.3 Å². The summed E-state index contributed by atoms with van der Waals surface area (Å²) in [5, 5.41) is 0.168. The summed E-state index contributed by atoms with van der Waals surface area (Å²) >= 11 is 5.90. The molecule has 0 saturated carbocycles. The van der Waals surface area contributed by atoms with Crippen LogP contribution in [0.4, 0.5) is 5.95 Å². The van der Waals surface area contributed by atoms with Crippen LogP contribution in [0.25, 0.3) is 0 Å². The van der Waals surface area contributed by atoms with E-state index in [4.69, 9.17) is 21.1 Å². The van der Waals surface area contributed by atoms with Crippen LogP contribution in [0.3, 0.4) is 0 Å². The fourth-order valence-corrected chi connectivity index (χ4v) is 2.87. The number of methoxy groups -OCH3 is 1. The molecule has 110 valence electrons. The van der Waals surface area contributed by atoms with Crippen LogP contribution in [0, 0.1) is 0 Å². The van der Waals surface area contributed by atoms with Crippen molar-refractivity contribution >= 4 is 17.5 Å². The number of rotatable bonds is 3. The predicted molar refractivity (Wildman–Crippen MR) is 74.4 cm³/mol. The zero-order valence-electron chi connectivity index (χ0n) is 11.5. The van der Waals surface area contributed by atoms with E-state index in [9.17, 15) is 0 Å². The normalized spacial score (nSPS) is 24.1. The van der Waals surface area contributed by atoms with E-state index in [0.29, 0.717) is 12.0 Å². The lowest BCUT2D eigenvalue weighted by atomic mass is 10.2. The molecule has 7 nitrogen and oxygen atoms in total. The molecule has 2 aliphatic heterocycles. The number of anilines is 1. The number of morpholine rings is 1. The van der Waals surface area contributed by atoms with E-state index >= 15 is 0 Å². The summed E-state index contributed by atoms with van der Waals surface area (Å²) in [5.41, 5.74) is 0. The Balaban J connectivity index is 1.68. The van der Waals surface area contributed by atoms with Crippen LogP contribution >= 0.6 is 11.6 Å². The number of ether oxygens (including phenoxy) is 2. The van der Waals surface area contributed by atoms with Crippen LogP contribution in [-0.2, 0) is 4.74 Å². The second-order valence-corrected chi connectivity index (χ2v) is 5.27. The van der Waals surface area contributed by atoms with Crippen LogP contribution in [-0.4, -0.2) is 72.4 Å². The lowest BCUT2D eigenvalue weighted by Gasteiger charge is -2.32. The van der Waals surface area contributed by atoms with Crippen molar-refractivity contribution in [3.8, 4) is 6.01 Å². The highest BCUT2D eigenvalue weighted by molar-refractivity contribution is 6.28. The molecule has 0 aliphatic carbocycles. The minimum Gasteiger partial charge on any atom is -0.467 e. The molecule has 1 unspecified atom stereocenters. The summed E-state index contributed by atoms with van der Waals surface area (Å²) < 4.78 is 10.4. The van der Waals surface area contributed by atoms with Crippen LogP contribution in [0.15, 0.2) is 0 Å². The van der Waals surface area contributed by atoms with E-state index in [1.54, 1.807) is 0 Å². The van der Waals surface area contributed by atoms with E-state index < -0.39 is 0 Å². The van der Waals surface area contributed by atoms with E-state index in [1.165, 1.54) is 7.11 Å². The van der Waals surface area contributed by atoms with Gasteiger partial charge in [0.2, 0.25) is 11.2 Å². The molecule has 1 aromatic rings. The van der Waals surface area contributed by atoms with Crippen molar-refractivity contribution in [2.45, 2.75) is 12.5 Å². The Morgan fingerprint density at radius 1 is 1.20 bits per heavy atom. The molecule has 0 aromatic carbocycles. The maximum Gasteiger partial charge on any atom is 0.322 e. The summed E-state index contributed by atoms with van der Waals surface area (Å²) in [6.07, 6.45) is 1.10. The van der Waals surface area contributed by atoms with Crippen LogP contribution in [0.2, 0.25) is 5.28 Å². The summed E-state index contributed by atoms with van der Waals surface area (Å²) in [6.45, 7) is 5.47. The number of hydrogen-bond acceptors (Lipinski definition) is 7. The molecule has 8 heteroatoms. The molecule has 0 bridgehead atoms. The zero-order chi connectivity index (χ0) is 13.9. The molecule has 0 radical (unpaired) electrons. The first kappa shape index (κ1) is 13.8. The molecule has 1 atom stereocenters. The van der Waals surface area contributed by atoms with Gasteiger partial charge in [-0.3, -0.25) is 4.90 Å². The minimum absolute atomic E-state index is 0.168. The predicted octanol–water partition coefficient (Wildman–Crippen LogP) is 0.444. The van der Waals surface area contributed by atoms with Crippen LogP contribution in [0.5, 0.6) is 6.01 Å². The number of aromatic nitrogens is 3. The van der Waals surface area contributed by atoms with Crippen LogP contribution < -0.4 is 9.64 Å². The molecule has 2 saturated heterocycles. The lowest BCUT2D eigenvalue weighted by Crippen LogP contribution is -2.44. The smallest absolute Gasteiger partial charge is 0.322 e. The molecule has 2 aliphatic rings. The van der Waals surface area contributed by atoms with Gasteiger partial charge in [0.1, 0.15) is 0 Å². The standard InChI is InChI=1S/C12H18ClN5O2/c1-19-12-15-10(13)14-11(16-12)18-3-2-9(8-18)17-4-6-20-7-5-17/h9H,2-8H2,1H3. The molecular formula is C12H18ClN5O2. The van der Waals surface area contributed by atoms with Crippen LogP contribution in [0.1, 0.15) is 6.42 Å². The van der Waals surface area contributed by atoms with Crippen molar-refractivity contribution in [1.82, 2.24) is 19.9 Å². The highest BCUT2D eigenvalue weighted by atomic mass is 35.5. The average molecular weight is 300 g/mol. The Morgan fingerprint density at radius 2 is 2.00 bits per heavy atom. The number of halogens is 1. The van der Waals surface area contributed by atoms with E-state index in [-0.39, 0.29) is 11.3 Å². The number of hydrogen-bond donors (Lipinski definition) is 0. The Morgan fingerprint density at radius 3 is 2.75 bits per heavy atom. The highest BCUT2D eigenvalue weighted by Crippen LogP contribution is 2.22. The Labute approximate surface area is 122 Å². The van der Waals surface area contributed by atoms with Gasteiger partial charge in [-0.05, 0) is 18.0 Å². The fourth-order valence-electron chi connectivity index (χ4n) is 2.72. The molecule has 1 aromatic heterocycles. The van der Waals surface area contributed by atoms with Gasteiger partial charge in [0, 0.05) is 32.2 Å². The summed E-state index contributed by atoms with van der Waals surface area (Å²) in [4.78, 5) is 17.0. The van der Waals surface area contributed by atoms with E-state index in [1.807, 2.05) is 0 Å².